The van der Waals surface area contributed by atoms with Crippen molar-refractivity contribution in [1.82, 2.24) is 0 Å². The Hall–Kier alpha value is -1.96. The second-order valence-corrected chi connectivity index (χ2v) is 13.1. The van der Waals surface area contributed by atoms with E-state index in [1.807, 2.05) is 0 Å². The maximum atomic E-state index is 10.7. The first-order valence-corrected chi connectivity index (χ1v) is 16.7. The summed E-state index contributed by atoms with van der Waals surface area (Å²) in [4.78, 5) is 0. The molecule has 2 nitrogen and oxygen atoms in total. The van der Waals surface area contributed by atoms with Crippen molar-refractivity contribution in [2.24, 2.45) is 0 Å². The molecular formula is C37H56O2. The Morgan fingerprint density at radius 2 is 0.821 bits per heavy atom. The summed E-state index contributed by atoms with van der Waals surface area (Å²) in [6.45, 7) is 4.15. The van der Waals surface area contributed by atoms with Gasteiger partial charge in [-0.15, -0.1) is 0 Å². The summed E-state index contributed by atoms with van der Waals surface area (Å²) in [6.07, 6.45) is 27.2. The number of rotatable bonds is 14. The molecule has 0 radical (unpaired) electrons. The van der Waals surface area contributed by atoms with E-state index in [1.54, 1.807) is 0 Å². The molecule has 2 aromatic rings. The molecule has 0 amide bonds. The molecule has 39 heavy (non-hydrogen) atoms. The van der Waals surface area contributed by atoms with E-state index in [9.17, 15) is 10.2 Å². The second kappa shape index (κ2) is 15.7. The molecular weight excluding hydrogens is 476 g/mol. The molecule has 2 aliphatic rings. The molecule has 2 aliphatic carbocycles. The van der Waals surface area contributed by atoms with Crippen molar-refractivity contribution >= 4 is 0 Å². The lowest BCUT2D eigenvalue weighted by Crippen LogP contribution is -2.06. The summed E-state index contributed by atoms with van der Waals surface area (Å²) in [5, 5.41) is 21.3. The van der Waals surface area contributed by atoms with Crippen LogP contribution >= 0.6 is 0 Å². The monoisotopic (exact) mass is 532 g/mol. The van der Waals surface area contributed by atoms with Gasteiger partial charge in [0.25, 0.3) is 0 Å². The molecule has 0 spiro atoms. The Morgan fingerprint density at radius 3 is 1.18 bits per heavy atom. The highest BCUT2D eigenvalue weighted by Crippen LogP contribution is 2.40. The summed E-state index contributed by atoms with van der Waals surface area (Å²) in [5.41, 5.74) is 7.46. The van der Waals surface area contributed by atoms with E-state index in [1.165, 1.54) is 144 Å². The largest absolute Gasteiger partial charge is 0.507 e. The number of aryl methyl sites for hydroxylation is 4. The van der Waals surface area contributed by atoms with Gasteiger partial charge in [0, 0.05) is 0 Å². The van der Waals surface area contributed by atoms with Crippen molar-refractivity contribution in [3.05, 3.63) is 57.6 Å². The highest BCUT2D eigenvalue weighted by atomic mass is 16.3. The minimum atomic E-state index is 0.563. The van der Waals surface area contributed by atoms with Gasteiger partial charge in [-0.05, 0) is 110 Å². The quantitative estimate of drug-likeness (QED) is 0.237. The minimum Gasteiger partial charge on any atom is -0.507 e. The Labute approximate surface area is 239 Å². The fourth-order valence-corrected chi connectivity index (χ4v) is 7.40. The molecule has 2 N–H and O–H groups in total. The van der Waals surface area contributed by atoms with E-state index in [-0.39, 0.29) is 0 Å². The highest BCUT2D eigenvalue weighted by molar-refractivity contribution is 5.46. The van der Waals surface area contributed by atoms with Gasteiger partial charge in [0.1, 0.15) is 11.5 Å². The predicted octanol–water partition coefficient (Wildman–Crippen LogP) is 11.1. The van der Waals surface area contributed by atoms with Crippen LogP contribution in [0.15, 0.2) is 24.3 Å². The smallest absolute Gasteiger partial charge is 0.121 e. The Kier molecular flexibility index (Phi) is 12.1. The van der Waals surface area contributed by atoms with Crippen LogP contribution in [-0.2, 0) is 12.8 Å². The lowest BCUT2D eigenvalue weighted by Gasteiger charge is -2.24. The zero-order chi connectivity index (χ0) is 27.5. The highest BCUT2D eigenvalue weighted by Gasteiger charge is 2.21. The van der Waals surface area contributed by atoms with E-state index in [2.05, 4.69) is 38.1 Å². The number of hydrogen-bond acceptors (Lipinski definition) is 2. The Balaban J connectivity index is 1.07. The van der Waals surface area contributed by atoms with Crippen LogP contribution in [0.4, 0.5) is 0 Å². The van der Waals surface area contributed by atoms with Crippen LogP contribution in [0.2, 0.25) is 0 Å². The Morgan fingerprint density at radius 1 is 0.487 bits per heavy atom. The van der Waals surface area contributed by atoms with E-state index in [0.717, 1.165) is 24.0 Å². The van der Waals surface area contributed by atoms with Crippen LogP contribution in [0.5, 0.6) is 11.5 Å². The number of phenolic OH excluding ortho intramolecular Hbond substituents is 2. The van der Waals surface area contributed by atoms with Gasteiger partial charge >= 0.3 is 0 Å². The Bertz CT molecular complexity index is 929. The molecule has 0 saturated heterocycles. The SMILES string of the molecule is Cc1cc(CCCCCCCCCCCc2cc(C)c(O)c(C3CCCCC3)c2)cc(C2CCCCC2)c1O. The third-order valence-electron chi connectivity index (χ3n) is 9.80. The fourth-order valence-electron chi connectivity index (χ4n) is 7.40. The third-order valence-corrected chi connectivity index (χ3v) is 9.80. The number of unbranched alkanes of at least 4 members (excludes halogenated alkanes) is 8. The first-order valence-electron chi connectivity index (χ1n) is 16.7. The van der Waals surface area contributed by atoms with Crippen molar-refractivity contribution in [3.8, 4) is 11.5 Å². The van der Waals surface area contributed by atoms with Gasteiger partial charge in [-0.25, -0.2) is 0 Å². The molecule has 0 heterocycles. The number of aromatic hydroxyl groups is 2. The molecule has 216 valence electrons. The van der Waals surface area contributed by atoms with Crippen LogP contribution in [-0.4, -0.2) is 10.2 Å². The van der Waals surface area contributed by atoms with E-state index >= 15 is 0 Å². The van der Waals surface area contributed by atoms with Crippen LogP contribution in [0.3, 0.4) is 0 Å². The minimum absolute atomic E-state index is 0.563. The molecule has 0 bridgehead atoms. The summed E-state index contributed by atoms with van der Waals surface area (Å²) in [5.74, 6) is 2.27. The van der Waals surface area contributed by atoms with Gasteiger partial charge in [-0.1, -0.05) is 108 Å². The lowest BCUT2D eigenvalue weighted by atomic mass is 9.82. The number of benzene rings is 2. The van der Waals surface area contributed by atoms with Gasteiger partial charge in [0.2, 0.25) is 0 Å². The molecule has 0 aliphatic heterocycles. The van der Waals surface area contributed by atoms with Crippen LogP contribution in [0.1, 0.15) is 167 Å². The van der Waals surface area contributed by atoms with Gasteiger partial charge in [-0.2, -0.15) is 0 Å². The van der Waals surface area contributed by atoms with E-state index in [4.69, 9.17) is 0 Å². The van der Waals surface area contributed by atoms with Crippen molar-refractivity contribution in [3.63, 3.8) is 0 Å². The lowest BCUT2D eigenvalue weighted by molar-refractivity contribution is 0.412. The van der Waals surface area contributed by atoms with Crippen molar-refractivity contribution in [2.75, 3.05) is 0 Å². The summed E-state index contributed by atoms with van der Waals surface area (Å²) in [6, 6.07) is 9.10. The molecule has 0 atom stereocenters. The molecule has 0 aromatic heterocycles. The van der Waals surface area contributed by atoms with Crippen molar-refractivity contribution in [2.45, 2.75) is 161 Å². The van der Waals surface area contributed by atoms with Crippen LogP contribution in [0, 0.1) is 13.8 Å². The zero-order valence-corrected chi connectivity index (χ0v) is 25.2. The zero-order valence-electron chi connectivity index (χ0n) is 25.2. The van der Waals surface area contributed by atoms with E-state index in [0.29, 0.717) is 23.3 Å². The number of phenols is 2. The molecule has 0 unspecified atom stereocenters. The molecule has 2 saturated carbocycles. The van der Waals surface area contributed by atoms with E-state index < -0.39 is 0 Å². The summed E-state index contributed by atoms with van der Waals surface area (Å²) in [7, 11) is 0. The molecule has 2 aromatic carbocycles. The first-order chi connectivity index (χ1) is 19.0. The molecule has 4 rings (SSSR count). The van der Waals surface area contributed by atoms with Gasteiger partial charge < -0.3 is 10.2 Å². The van der Waals surface area contributed by atoms with Gasteiger partial charge in [0.05, 0.1) is 0 Å². The first kappa shape index (κ1) is 30.0. The molecule has 2 heteroatoms. The topological polar surface area (TPSA) is 40.5 Å². The average Bonchev–Trinajstić information content (AvgIpc) is 2.96. The van der Waals surface area contributed by atoms with Gasteiger partial charge in [0.15, 0.2) is 0 Å². The molecule has 2 fully saturated rings. The average molecular weight is 533 g/mol. The standard InChI is InChI=1S/C37H56O2/c1-28-24-30(26-34(36(28)38)32-20-14-10-15-21-32)18-12-8-6-4-3-5-7-9-13-19-31-25-29(2)37(39)35(27-31)33-22-16-11-17-23-33/h24-27,32-33,38-39H,3-23H2,1-2H3. The van der Waals surface area contributed by atoms with Crippen molar-refractivity contribution < 1.29 is 10.2 Å². The maximum Gasteiger partial charge on any atom is 0.121 e. The van der Waals surface area contributed by atoms with Crippen LogP contribution < -0.4 is 0 Å². The van der Waals surface area contributed by atoms with Crippen LogP contribution in [0.25, 0.3) is 0 Å². The second-order valence-electron chi connectivity index (χ2n) is 13.1. The van der Waals surface area contributed by atoms with Crippen molar-refractivity contribution in [1.29, 1.82) is 0 Å². The third kappa shape index (κ3) is 9.02. The number of hydrogen-bond donors (Lipinski definition) is 2. The van der Waals surface area contributed by atoms with Gasteiger partial charge in [-0.3, -0.25) is 0 Å². The predicted molar refractivity (Wildman–Crippen MR) is 166 cm³/mol. The normalized spacial score (nSPS) is 17.1. The maximum absolute atomic E-state index is 10.7. The summed E-state index contributed by atoms with van der Waals surface area (Å²) >= 11 is 0. The fraction of sp³-hybridized carbons (Fsp3) is 0.676. The summed E-state index contributed by atoms with van der Waals surface area (Å²) < 4.78 is 0.